The van der Waals surface area contributed by atoms with Gasteiger partial charge in [0.05, 0.1) is 0 Å². The first-order valence-corrected chi connectivity index (χ1v) is 3.99. The quantitative estimate of drug-likeness (QED) is 0.879. The smallest absolute Gasteiger partial charge is 0.354 e. The fraction of sp³-hybridized carbons (Fsp3) is 0.143. The summed E-state index contributed by atoms with van der Waals surface area (Å²) >= 11 is 2.84. The first-order valence-electron chi connectivity index (χ1n) is 3.20. The molecule has 0 atom stereocenters. The molecule has 0 saturated carbocycles. The topological polar surface area (TPSA) is 50.2 Å². The van der Waals surface area contributed by atoms with E-state index in [1.54, 1.807) is 0 Å². The van der Waals surface area contributed by atoms with E-state index in [1.807, 2.05) is 0 Å². The van der Waals surface area contributed by atoms with Crippen LogP contribution in [0.3, 0.4) is 0 Å². The standard InChI is InChI=1S/C7H4BrF2NO2/c8-3-1-2-4(7(12)13)11-5(3)6(9)10/h1-2,6H,(H,12,13). The molecule has 0 unspecified atom stereocenters. The number of hydrogen-bond donors (Lipinski definition) is 1. The van der Waals surface area contributed by atoms with E-state index in [-0.39, 0.29) is 4.47 Å². The maximum Gasteiger partial charge on any atom is 0.354 e. The molecule has 1 heterocycles. The SMILES string of the molecule is O=C(O)c1ccc(Br)c(C(F)F)n1. The van der Waals surface area contributed by atoms with Crippen LogP contribution in [-0.4, -0.2) is 16.1 Å². The van der Waals surface area contributed by atoms with Gasteiger partial charge < -0.3 is 5.11 Å². The Morgan fingerprint density at radius 1 is 1.54 bits per heavy atom. The Morgan fingerprint density at radius 2 is 2.15 bits per heavy atom. The van der Waals surface area contributed by atoms with Crippen molar-refractivity contribution in [3.63, 3.8) is 0 Å². The number of alkyl halides is 2. The van der Waals surface area contributed by atoms with Gasteiger partial charge in [-0.15, -0.1) is 0 Å². The number of halogens is 3. The normalized spacial score (nSPS) is 10.5. The number of pyridine rings is 1. The molecule has 0 fully saturated rings. The first kappa shape index (κ1) is 10.0. The highest BCUT2D eigenvalue weighted by atomic mass is 79.9. The third-order valence-corrected chi connectivity index (χ3v) is 1.97. The number of carboxylic acids is 1. The maximum absolute atomic E-state index is 12.2. The monoisotopic (exact) mass is 251 g/mol. The fourth-order valence-electron chi connectivity index (χ4n) is 0.730. The molecule has 0 saturated heterocycles. The zero-order valence-electron chi connectivity index (χ0n) is 6.17. The molecule has 13 heavy (non-hydrogen) atoms. The van der Waals surface area contributed by atoms with Crippen LogP contribution in [0.1, 0.15) is 22.6 Å². The van der Waals surface area contributed by atoms with Gasteiger partial charge in [0, 0.05) is 4.47 Å². The molecule has 1 aromatic heterocycles. The summed E-state index contributed by atoms with van der Waals surface area (Å²) in [6.45, 7) is 0. The summed E-state index contributed by atoms with van der Waals surface area (Å²) in [5.41, 5.74) is -0.946. The van der Waals surface area contributed by atoms with E-state index in [4.69, 9.17) is 5.11 Å². The van der Waals surface area contributed by atoms with Crippen LogP contribution in [0.15, 0.2) is 16.6 Å². The third-order valence-electron chi connectivity index (χ3n) is 1.30. The number of hydrogen-bond acceptors (Lipinski definition) is 2. The molecule has 6 heteroatoms. The van der Waals surface area contributed by atoms with Gasteiger partial charge in [-0.2, -0.15) is 0 Å². The summed E-state index contributed by atoms with van der Waals surface area (Å²) in [6.07, 6.45) is -2.78. The van der Waals surface area contributed by atoms with E-state index in [9.17, 15) is 13.6 Å². The Balaban J connectivity index is 3.19. The lowest BCUT2D eigenvalue weighted by atomic mass is 10.3. The molecule has 0 bridgehead atoms. The van der Waals surface area contributed by atoms with Gasteiger partial charge >= 0.3 is 5.97 Å². The fourth-order valence-corrected chi connectivity index (χ4v) is 1.12. The van der Waals surface area contributed by atoms with E-state index in [0.717, 1.165) is 6.07 Å². The van der Waals surface area contributed by atoms with Gasteiger partial charge in [-0.25, -0.2) is 18.6 Å². The predicted molar refractivity (Wildman–Crippen MR) is 43.9 cm³/mol. The van der Waals surface area contributed by atoms with Crippen molar-refractivity contribution in [1.29, 1.82) is 0 Å². The van der Waals surface area contributed by atoms with Crippen LogP contribution < -0.4 is 0 Å². The zero-order chi connectivity index (χ0) is 10.0. The van der Waals surface area contributed by atoms with Crippen LogP contribution in [-0.2, 0) is 0 Å². The Bertz CT molecular complexity index is 343. The third kappa shape index (κ3) is 2.21. The van der Waals surface area contributed by atoms with Gasteiger partial charge in [-0.1, -0.05) is 0 Å². The summed E-state index contributed by atoms with van der Waals surface area (Å²) in [5, 5.41) is 8.46. The van der Waals surface area contributed by atoms with Crippen molar-refractivity contribution in [2.45, 2.75) is 6.43 Å². The summed E-state index contributed by atoms with van der Waals surface area (Å²) in [4.78, 5) is 13.6. The van der Waals surface area contributed by atoms with Crippen molar-refractivity contribution in [1.82, 2.24) is 4.98 Å². The second-order valence-corrected chi connectivity index (χ2v) is 3.02. The van der Waals surface area contributed by atoms with Gasteiger partial charge in [0.1, 0.15) is 11.4 Å². The summed E-state index contributed by atoms with van der Waals surface area (Å²) in [7, 11) is 0. The molecule has 1 rings (SSSR count). The predicted octanol–water partition coefficient (Wildman–Crippen LogP) is 2.48. The number of rotatable bonds is 2. The molecule has 1 N–H and O–H groups in total. The Labute approximate surface area is 80.5 Å². The average Bonchev–Trinajstić information content (AvgIpc) is 2.04. The van der Waals surface area contributed by atoms with E-state index in [1.165, 1.54) is 6.07 Å². The van der Waals surface area contributed by atoms with Crippen molar-refractivity contribution in [2.75, 3.05) is 0 Å². The van der Waals surface area contributed by atoms with Crippen LogP contribution in [0.2, 0.25) is 0 Å². The molecule has 0 spiro atoms. The van der Waals surface area contributed by atoms with Gasteiger partial charge in [0.15, 0.2) is 0 Å². The van der Waals surface area contributed by atoms with Crippen molar-refractivity contribution in [2.24, 2.45) is 0 Å². The van der Waals surface area contributed by atoms with Crippen molar-refractivity contribution in [3.8, 4) is 0 Å². The summed E-state index contributed by atoms with van der Waals surface area (Å²) < 4.78 is 24.5. The van der Waals surface area contributed by atoms with Crippen molar-refractivity contribution in [3.05, 3.63) is 28.0 Å². The van der Waals surface area contributed by atoms with Crippen LogP contribution in [0, 0.1) is 0 Å². The first-order chi connectivity index (χ1) is 6.02. The minimum Gasteiger partial charge on any atom is -0.477 e. The van der Waals surface area contributed by atoms with Crippen LogP contribution in [0.4, 0.5) is 8.78 Å². The van der Waals surface area contributed by atoms with Gasteiger partial charge in [0.25, 0.3) is 6.43 Å². The minimum atomic E-state index is -2.78. The van der Waals surface area contributed by atoms with E-state index < -0.39 is 23.8 Å². The minimum absolute atomic E-state index is 0.104. The van der Waals surface area contributed by atoms with Crippen molar-refractivity contribution >= 4 is 21.9 Å². The molecule has 70 valence electrons. The average molecular weight is 252 g/mol. The number of nitrogens with zero attached hydrogens (tertiary/aromatic N) is 1. The molecular formula is C7H4BrF2NO2. The number of carbonyl (C=O) groups is 1. The number of carboxylic acid groups (broad SMARTS) is 1. The Morgan fingerprint density at radius 3 is 2.62 bits per heavy atom. The van der Waals surface area contributed by atoms with Gasteiger partial charge in [-0.3, -0.25) is 0 Å². The van der Waals surface area contributed by atoms with E-state index >= 15 is 0 Å². The second-order valence-electron chi connectivity index (χ2n) is 2.17. The highest BCUT2D eigenvalue weighted by molar-refractivity contribution is 9.10. The molecular weight excluding hydrogens is 248 g/mol. The number of aromatic carboxylic acids is 1. The highest BCUT2D eigenvalue weighted by Crippen LogP contribution is 2.25. The van der Waals surface area contributed by atoms with Crippen molar-refractivity contribution < 1.29 is 18.7 Å². The lowest BCUT2D eigenvalue weighted by Gasteiger charge is -2.02. The molecule has 0 amide bonds. The molecule has 0 aliphatic heterocycles. The second kappa shape index (κ2) is 3.78. The molecule has 0 aliphatic rings. The Hall–Kier alpha value is -1.04. The highest BCUT2D eigenvalue weighted by Gasteiger charge is 2.16. The molecule has 0 radical (unpaired) electrons. The van der Waals surface area contributed by atoms with Gasteiger partial charge in [0.2, 0.25) is 0 Å². The number of aromatic nitrogens is 1. The van der Waals surface area contributed by atoms with Crippen LogP contribution >= 0.6 is 15.9 Å². The molecule has 3 nitrogen and oxygen atoms in total. The van der Waals surface area contributed by atoms with E-state index in [2.05, 4.69) is 20.9 Å². The van der Waals surface area contributed by atoms with Crippen LogP contribution in [0.5, 0.6) is 0 Å². The van der Waals surface area contributed by atoms with E-state index in [0.29, 0.717) is 0 Å². The molecule has 1 aromatic rings. The molecule has 0 aliphatic carbocycles. The lowest BCUT2D eigenvalue weighted by molar-refractivity contribution is 0.0688. The Kier molecular flexibility index (Phi) is 2.92. The van der Waals surface area contributed by atoms with Gasteiger partial charge in [-0.05, 0) is 28.1 Å². The van der Waals surface area contributed by atoms with Crippen LogP contribution in [0.25, 0.3) is 0 Å². The zero-order valence-corrected chi connectivity index (χ0v) is 7.75. The lowest BCUT2D eigenvalue weighted by Crippen LogP contribution is -2.03. The largest absolute Gasteiger partial charge is 0.477 e. The summed E-state index contributed by atoms with van der Waals surface area (Å²) in [6, 6.07) is 2.39. The molecule has 0 aromatic carbocycles. The summed E-state index contributed by atoms with van der Waals surface area (Å²) in [5.74, 6) is -1.32. The maximum atomic E-state index is 12.2.